The van der Waals surface area contributed by atoms with E-state index < -0.39 is 47.3 Å². The normalized spacial score (nSPS) is 41.1. The lowest BCUT2D eigenvalue weighted by Crippen LogP contribution is -2.65. The molecule has 3 fully saturated rings. The van der Waals surface area contributed by atoms with Crippen molar-refractivity contribution in [3.63, 3.8) is 0 Å². The molecule has 0 aliphatic carbocycles. The van der Waals surface area contributed by atoms with Crippen molar-refractivity contribution < 1.29 is 34.3 Å². The van der Waals surface area contributed by atoms with Gasteiger partial charge in [-0.15, -0.1) is 23.4 Å². The highest BCUT2D eigenvalue weighted by Gasteiger charge is 2.49. The number of halogens is 1. The van der Waals surface area contributed by atoms with Gasteiger partial charge in [0.05, 0.1) is 17.5 Å². The topological polar surface area (TPSA) is 130 Å². The van der Waals surface area contributed by atoms with Crippen molar-refractivity contribution in [1.82, 2.24) is 10.6 Å². The van der Waals surface area contributed by atoms with Crippen molar-refractivity contribution in [1.29, 1.82) is 0 Å². The van der Waals surface area contributed by atoms with Crippen LogP contribution in [0.5, 0.6) is 0 Å². The number of aliphatic hydroxyl groups is 3. The number of carbonyl (C=O) groups excluding carboxylic acids is 1. The van der Waals surface area contributed by atoms with Gasteiger partial charge in [-0.1, -0.05) is 0 Å². The summed E-state index contributed by atoms with van der Waals surface area (Å²) in [6.45, 7) is 3.77. The number of ether oxygens (including phenoxy) is 3. The molecule has 0 saturated carbocycles. The predicted octanol–water partition coefficient (Wildman–Crippen LogP) is 0.0789. The Balaban J connectivity index is 1.64. The molecule has 0 aromatic carbocycles. The number of methoxy groups -OCH3 is 1. The number of aliphatic hydroxyl groups excluding tert-OH is 3. The molecule has 2 unspecified atom stereocenters. The standard InChI is InChI=1S/C22H39ClN2O7S/c1-11(23)14(20-17(27)16(26)18(28)22(32-20)33-3)25-21(29)15-19-13(10-24-15)9-12(6-8-31-19)5-4-7-30-2/h11-20,22,24,26-28H,4-10H2,1-3H3,(H,25,29)/t11-,12+,13-,14+,15-,16+,17?,18+,19+,20+,22?/m0/s1. The van der Waals surface area contributed by atoms with E-state index in [0.717, 1.165) is 32.3 Å². The Bertz CT molecular complexity index is 632. The number of hydrogen-bond donors (Lipinski definition) is 5. The fourth-order valence-electron chi connectivity index (χ4n) is 5.25. The van der Waals surface area contributed by atoms with E-state index in [2.05, 4.69) is 10.6 Å². The van der Waals surface area contributed by atoms with Crippen LogP contribution in [0.1, 0.15) is 32.6 Å². The number of alkyl halides is 1. The quantitative estimate of drug-likeness (QED) is 0.216. The van der Waals surface area contributed by atoms with E-state index in [4.69, 9.17) is 25.8 Å². The molecule has 5 N–H and O–H groups in total. The van der Waals surface area contributed by atoms with Crippen LogP contribution in [0.2, 0.25) is 0 Å². The Hall–Kier alpha value is -0.170. The molecule has 192 valence electrons. The molecule has 3 rings (SSSR count). The second kappa shape index (κ2) is 12.7. The first-order chi connectivity index (χ1) is 15.8. The molecule has 9 nitrogen and oxygen atoms in total. The lowest BCUT2D eigenvalue weighted by Gasteiger charge is -2.44. The van der Waals surface area contributed by atoms with E-state index in [1.807, 2.05) is 0 Å². The molecule has 3 aliphatic rings. The van der Waals surface area contributed by atoms with Gasteiger partial charge in [-0.05, 0) is 50.7 Å². The van der Waals surface area contributed by atoms with Crippen LogP contribution in [0, 0.1) is 11.8 Å². The molecule has 3 aliphatic heterocycles. The zero-order valence-corrected chi connectivity index (χ0v) is 21.1. The second-order valence-corrected chi connectivity index (χ2v) is 11.0. The SMILES string of the molecule is COCCC[C@@H]1CCO[C@@H]2[C@H](CN[C@@H]2C(=O)N[C@H]([C@H](C)Cl)[C@H]2OC(SC)[C@H](O)[C@H](O)C2O)C1. The van der Waals surface area contributed by atoms with Crippen LogP contribution >= 0.6 is 23.4 Å². The number of fused-ring (bicyclic) bond motifs is 1. The average Bonchev–Trinajstić information content (AvgIpc) is 3.07. The molecule has 0 bridgehead atoms. The van der Waals surface area contributed by atoms with Crippen molar-refractivity contribution in [2.24, 2.45) is 11.8 Å². The van der Waals surface area contributed by atoms with Gasteiger partial charge in [0.25, 0.3) is 0 Å². The molecule has 0 radical (unpaired) electrons. The van der Waals surface area contributed by atoms with Gasteiger partial charge in [-0.3, -0.25) is 4.79 Å². The summed E-state index contributed by atoms with van der Waals surface area (Å²) in [6, 6.07) is -1.29. The van der Waals surface area contributed by atoms with Crippen LogP contribution in [0.25, 0.3) is 0 Å². The summed E-state index contributed by atoms with van der Waals surface area (Å²) in [5.74, 6) is 0.531. The molecule has 3 saturated heterocycles. The highest BCUT2D eigenvalue weighted by Crippen LogP contribution is 2.34. The largest absolute Gasteiger partial charge is 0.388 e. The number of rotatable bonds is 9. The Labute approximate surface area is 205 Å². The van der Waals surface area contributed by atoms with Gasteiger partial charge >= 0.3 is 0 Å². The first-order valence-corrected chi connectivity index (χ1v) is 13.5. The van der Waals surface area contributed by atoms with Crippen molar-refractivity contribution in [2.75, 3.05) is 33.1 Å². The number of nitrogens with one attached hydrogen (secondary N) is 2. The maximum Gasteiger partial charge on any atom is 0.240 e. The van der Waals surface area contributed by atoms with Crippen LogP contribution in [0.4, 0.5) is 0 Å². The molecular formula is C22H39ClN2O7S. The molecule has 0 spiro atoms. The molecule has 3 heterocycles. The van der Waals surface area contributed by atoms with Crippen molar-refractivity contribution in [3.05, 3.63) is 0 Å². The molecular weight excluding hydrogens is 472 g/mol. The van der Waals surface area contributed by atoms with Gasteiger partial charge in [0.2, 0.25) is 5.91 Å². The molecule has 1 amide bonds. The van der Waals surface area contributed by atoms with Crippen LogP contribution in [0.15, 0.2) is 0 Å². The minimum atomic E-state index is -1.40. The lowest BCUT2D eigenvalue weighted by atomic mass is 9.87. The fourth-order valence-corrected chi connectivity index (χ4v) is 6.13. The average molecular weight is 511 g/mol. The van der Waals surface area contributed by atoms with Crippen molar-refractivity contribution in [3.8, 4) is 0 Å². The van der Waals surface area contributed by atoms with Crippen LogP contribution in [0.3, 0.4) is 0 Å². The Morgan fingerprint density at radius 3 is 2.73 bits per heavy atom. The predicted molar refractivity (Wildman–Crippen MR) is 126 cm³/mol. The third-order valence-electron chi connectivity index (χ3n) is 7.11. The Morgan fingerprint density at radius 2 is 2.06 bits per heavy atom. The first-order valence-electron chi connectivity index (χ1n) is 11.8. The minimum Gasteiger partial charge on any atom is -0.388 e. The van der Waals surface area contributed by atoms with E-state index in [-0.39, 0.29) is 17.9 Å². The van der Waals surface area contributed by atoms with E-state index in [0.29, 0.717) is 19.1 Å². The summed E-state index contributed by atoms with van der Waals surface area (Å²) >= 11 is 7.61. The second-order valence-electron chi connectivity index (χ2n) is 9.40. The molecule has 0 aromatic rings. The van der Waals surface area contributed by atoms with E-state index in [1.54, 1.807) is 20.3 Å². The molecule has 0 aromatic heterocycles. The lowest BCUT2D eigenvalue weighted by molar-refractivity contribution is -0.205. The summed E-state index contributed by atoms with van der Waals surface area (Å²) < 4.78 is 17.1. The van der Waals surface area contributed by atoms with Gasteiger partial charge < -0.3 is 40.2 Å². The third kappa shape index (κ3) is 6.54. The van der Waals surface area contributed by atoms with Gasteiger partial charge in [-0.2, -0.15) is 0 Å². The molecule has 33 heavy (non-hydrogen) atoms. The maximum atomic E-state index is 13.3. The van der Waals surface area contributed by atoms with Crippen molar-refractivity contribution in [2.45, 2.75) is 86.0 Å². The summed E-state index contributed by atoms with van der Waals surface area (Å²) in [7, 11) is 1.72. The first kappa shape index (κ1) is 27.4. The van der Waals surface area contributed by atoms with E-state index >= 15 is 0 Å². The highest BCUT2D eigenvalue weighted by molar-refractivity contribution is 7.99. The molecule has 11 heteroatoms. The highest BCUT2D eigenvalue weighted by atomic mass is 35.5. The summed E-state index contributed by atoms with van der Waals surface area (Å²) in [5, 5.41) is 36.6. The van der Waals surface area contributed by atoms with Gasteiger partial charge in [-0.25, -0.2) is 0 Å². The fraction of sp³-hybridized carbons (Fsp3) is 0.955. The van der Waals surface area contributed by atoms with Crippen LogP contribution in [-0.4, -0.2) is 108 Å². The smallest absolute Gasteiger partial charge is 0.240 e. The summed E-state index contributed by atoms with van der Waals surface area (Å²) in [5.41, 5.74) is -0.738. The monoisotopic (exact) mass is 510 g/mol. The third-order valence-corrected chi connectivity index (χ3v) is 8.23. The van der Waals surface area contributed by atoms with E-state index in [9.17, 15) is 20.1 Å². The van der Waals surface area contributed by atoms with Crippen LogP contribution in [-0.2, 0) is 19.0 Å². The number of amides is 1. The van der Waals surface area contributed by atoms with E-state index in [1.165, 1.54) is 11.8 Å². The zero-order valence-electron chi connectivity index (χ0n) is 19.6. The summed E-state index contributed by atoms with van der Waals surface area (Å²) in [6.07, 6.45) is 0.615. The number of carbonyl (C=O) groups is 1. The van der Waals surface area contributed by atoms with Crippen molar-refractivity contribution >= 4 is 29.3 Å². The Kier molecular flexibility index (Phi) is 10.5. The maximum absolute atomic E-state index is 13.3. The number of thioether (sulfide) groups is 1. The van der Waals surface area contributed by atoms with Crippen LogP contribution < -0.4 is 10.6 Å². The minimum absolute atomic E-state index is 0.229. The Morgan fingerprint density at radius 1 is 1.30 bits per heavy atom. The van der Waals surface area contributed by atoms with Gasteiger partial charge in [0, 0.05) is 26.9 Å². The van der Waals surface area contributed by atoms with Gasteiger partial charge in [0.15, 0.2) is 0 Å². The zero-order chi connectivity index (χ0) is 24.1. The number of hydrogen-bond acceptors (Lipinski definition) is 9. The van der Waals surface area contributed by atoms with Gasteiger partial charge in [0.1, 0.15) is 35.9 Å². The summed E-state index contributed by atoms with van der Waals surface area (Å²) in [4.78, 5) is 13.3. The molecule has 11 atom stereocenters.